The van der Waals surface area contributed by atoms with E-state index in [2.05, 4.69) is 28.1 Å². The molecule has 1 aliphatic heterocycles. The number of likely N-dealkylation sites (tertiary alicyclic amines) is 1. The summed E-state index contributed by atoms with van der Waals surface area (Å²) in [4.78, 5) is 22.9. The van der Waals surface area contributed by atoms with Crippen molar-refractivity contribution >= 4 is 28.1 Å². The van der Waals surface area contributed by atoms with Crippen molar-refractivity contribution in [1.82, 2.24) is 4.90 Å². The number of carbonyl (C=O) groups excluding carboxylic acids is 2. The molecule has 0 aromatic heterocycles. The van der Waals surface area contributed by atoms with Gasteiger partial charge in [0.25, 0.3) is 0 Å². The molecule has 20 heavy (non-hydrogen) atoms. The van der Waals surface area contributed by atoms with E-state index in [1.54, 1.807) is 4.90 Å². The van der Waals surface area contributed by atoms with E-state index >= 15 is 0 Å². The highest BCUT2D eigenvalue weighted by Gasteiger charge is 2.33. The molecule has 1 amide bonds. The number of halogens is 1. The largest absolute Gasteiger partial charge is 0.338 e. The fraction of sp³-hybridized carbons (Fsp3) is 0.500. The van der Waals surface area contributed by atoms with Gasteiger partial charge in [0.05, 0.1) is 12.5 Å². The second-order valence-corrected chi connectivity index (χ2v) is 6.66. The molecule has 1 fully saturated rings. The Bertz CT molecular complexity index is 485. The molecule has 0 saturated carbocycles. The molecule has 4 heteroatoms. The van der Waals surface area contributed by atoms with Crippen molar-refractivity contribution in [3.05, 3.63) is 34.3 Å². The minimum atomic E-state index is -0.0972. The number of amides is 1. The first-order chi connectivity index (χ1) is 9.30. The third kappa shape index (κ3) is 4.44. The van der Waals surface area contributed by atoms with Crippen LogP contribution in [0.15, 0.2) is 28.7 Å². The second kappa shape index (κ2) is 7.02. The summed E-state index contributed by atoms with van der Waals surface area (Å²) in [5, 5.41) is 0. The standard InChI is InChI=1S/C10H10BrNO.C6H12O/c1-12-9(6-10(12)13)7-3-2-4-8(11)5-7;1-4-6(2,3)5-7/h2-5,9H,6H2,1H3;5H,4H2,1-3H3. The Kier molecular flexibility index (Phi) is 5.93. The molecule has 0 radical (unpaired) electrons. The minimum Gasteiger partial charge on any atom is -0.338 e. The van der Waals surface area contributed by atoms with Gasteiger partial charge in [-0.2, -0.15) is 0 Å². The van der Waals surface area contributed by atoms with Gasteiger partial charge < -0.3 is 9.69 Å². The molecule has 0 bridgehead atoms. The van der Waals surface area contributed by atoms with E-state index in [1.807, 2.05) is 40.0 Å². The predicted octanol–water partition coefficient (Wildman–Crippen LogP) is 3.97. The van der Waals surface area contributed by atoms with Crippen LogP contribution in [0, 0.1) is 5.41 Å². The molecule has 1 atom stereocenters. The molecular formula is C16H22BrNO2. The first-order valence-electron chi connectivity index (χ1n) is 6.78. The predicted molar refractivity (Wildman–Crippen MR) is 84.4 cm³/mol. The molecule has 1 unspecified atom stereocenters. The molecule has 1 aliphatic rings. The maximum Gasteiger partial charge on any atom is 0.225 e. The number of benzene rings is 1. The van der Waals surface area contributed by atoms with Crippen LogP contribution in [0.25, 0.3) is 0 Å². The third-order valence-electron chi connectivity index (χ3n) is 3.69. The van der Waals surface area contributed by atoms with Crippen molar-refractivity contribution in [2.24, 2.45) is 5.41 Å². The van der Waals surface area contributed by atoms with Gasteiger partial charge in [0.2, 0.25) is 5.91 Å². The van der Waals surface area contributed by atoms with Crippen LogP contribution in [0.1, 0.15) is 45.2 Å². The van der Waals surface area contributed by atoms with Crippen LogP contribution in [0.5, 0.6) is 0 Å². The quantitative estimate of drug-likeness (QED) is 0.617. The Morgan fingerprint density at radius 3 is 2.45 bits per heavy atom. The van der Waals surface area contributed by atoms with E-state index in [-0.39, 0.29) is 17.4 Å². The van der Waals surface area contributed by atoms with Gasteiger partial charge in [-0.15, -0.1) is 0 Å². The van der Waals surface area contributed by atoms with Crippen LogP contribution in [-0.4, -0.2) is 24.1 Å². The van der Waals surface area contributed by atoms with E-state index in [0.29, 0.717) is 6.42 Å². The fourth-order valence-corrected chi connectivity index (χ4v) is 2.06. The zero-order chi connectivity index (χ0) is 15.3. The summed E-state index contributed by atoms with van der Waals surface area (Å²) in [5.74, 6) is 0.227. The summed E-state index contributed by atoms with van der Waals surface area (Å²) in [6, 6.07) is 8.39. The van der Waals surface area contributed by atoms with Crippen LogP contribution in [0.2, 0.25) is 0 Å². The fourth-order valence-electron chi connectivity index (χ4n) is 1.65. The molecule has 3 nitrogen and oxygen atoms in total. The van der Waals surface area contributed by atoms with Crippen molar-refractivity contribution in [2.45, 2.75) is 39.7 Å². The summed E-state index contributed by atoms with van der Waals surface area (Å²) in [7, 11) is 1.84. The number of β-lactam (4-membered cyclic amide) rings is 1. The monoisotopic (exact) mass is 339 g/mol. The normalized spacial score (nSPS) is 17.9. The van der Waals surface area contributed by atoms with Gasteiger partial charge in [-0.1, -0.05) is 48.8 Å². The van der Waals surface area contributed by atoms with E-state index in [4.69, 9.17) is 0 Å². The average Bonchev–Trinajstić information content (AvgIpc) is 2.45. The first-order valence-corrected chi connectivity index (χ1v) is 7.57. The van der Waals surface area contributed by atoms with Crippen LogP contribution in [0.4, 0.5) is 0 Å². The Morgan fingerprint density at radius 2 is 2.10 bits per heavy atom. The van der Waals surface area contributed by atoms with E-state index in [9.17, 15) is 9.59 Å². The van der Waals surface area contributed by atoms with Crippen LogP contribution in [-0.2, 0) is 9.59 Å². The Morgan fingerprint density at radius 1 is 1.45 bits per heavy atom. The summed E-state index contributed by atoms with van der Waals surface area (Å²) in [6.07, 6.45) is 2.57. The maximum absolute atomic E-state index is 11.0. The van der Waals surface area contributed by atoms with Gasteiger partial charge in [0.15, 0.2) is 0 Å². The van der Waals surface area contributed by atoms with Gasteiger partial charge in [-0.3, -0.25) is 4.79 Å². The van der Waals surface area contributed by atoms with Gasteiger partial charge in [-0.25, -0.2) is 0 Å². The van der Waals surface area contributed by atoms with Crippen molar-refractivity contribution in [3.8, 4) is 0 Å². The van der Waals surface area contributed by atoms with Gasteiger partial charge in [-0.05, 0) is 24.1 Å². The molecule has 0 N–H and O–H groups in total. The lowest BCUT2D eigenvalue weighted by molar-refractivity contribution is -0.143. The molecule has 0 spiro atoms. The maximum atomic E-state index is 11.0. The number of hydrogen-bond donors (Lipinski definition) is 0. The zero-order valence-electron chi connectivity index (χ0n) is 12.5. The lowest BCUT2D eigenvalue weighted by atomic mass is 9.93. The molecule has 1 aromatic rings. The Labute approximate surface area is 129 Å². The molecule has 110 valence electrons. The van der Waals surface area contributed by atoms with E-state index in [1.165, 1.54) is 5.56 Å². The van der Waals surface area contributed by atoms with E-state index < -0.39 is 0 Å². The summed E-state index contributed by atoms with van der Waals surface area (Å²) < 4.78 is 1.07. The highest BCUT2D eigenvalue weighted by Crippen LogP contribution is 2.33. The summed E-state index contributed by atoms with van der Waals surface area (Å²) >= 11 is 3.42. The molecule has 2 rings (SSSR count). The number of aldehydes is 1. The van der Waals surface area contributed by atoms with Gasteiger partial charge in [0, 0.05) is 16.9 Å². The summed E-state index contributed by atoms with van der Waals surface area (Å²) in [5.41, 5.74) is 1.11. The molecular weight excluding hydrogens is 318 g/mol. The molecule has 1 heterocycles. The minimum absolute atomic E-state index is 0.0972. The van der Waals surface area contributed by atoms with Gasteiger partial charge >= 0.3 is 0 Å². The lowest BCUT2D eigenvalue weighted by Gasteiger charge is -2.37. The highest BCUT2D eigenvalue weighted by molar-refractivity contribution is 9.10. The van der Waals surface area contributed by atoms with Crippen LogP contribution in [0.3, 0.4) is 0 Å². The van der Waals surface area contributed by atoms with Crippen molar-refractivity contribution in [1.29, 1.82) is 0 Å². The van der Waals surface area contributed by atoms with Crippen LogP contribution < -0.4 is 0 Å². The van der Waals surface area contributed by atoms with Crippen molar-refractivity contribution in [2.75, 3.05) is 7.05 Å². The second-order valence-electron chi connectivity index (χ2n) is 5.74. The van der Waals surface area contributed by atoms with Crippen molar-refractivity contribution < 1.29 is 9.59 Å². The molecule has 1 saturated heterocycles. The Hall–Kier alpha value is -1.16. The molecule has 1 aromatic carbocycles. The number of rotatable bonds is 3. The average molecular weight is 340 g/mol. The SMILES string of the molecule is CCC(C)(C)C=O.CN1C(=O)CC1c1cccc(Br)c1. The molecule has 0 aliphatic carbocycles. The number of carbonyl (C=O) groups is 2. The summed E-state index contributed by atoms with van der Waals surface area (Å²) in [6.45, 7) is 5.87. The van der Waals surface area contributed by atoms with Gasteiger partial charge in [0.1, 0.15) is 6.29 Å². The third-order valence-corrected chi connectivity index (χ3v) is 4.19. The number of nitrogens with zero attached hydrogens (tertiary/aromatic N) is 1. The smallest absolute Gasteiger partial charge is 0.225 e. The van der Waals surface area contributed by atoms with Crippen molar-refractivity contribution in [3.63, 3.8) is 0 Å². The highest BCUT2D eigenvalue weighted by atomic mass is 79.9. The lowest BCUT2D eigenvalue weighted by Crippen LogP contribution is -2.43. The topological polar surface area (TPSA) is 37.4 Å². The van der Waals surface area contributed by atoms with Crippen LogP contribution >= 0.6 is 15.9 Å². The Balaban J connectivity index is 0.000000246. The first kappa shape index (κ1) is 16.9. The van der Waals surface area contributed by atoms with E-state index in [0.717, 1.165) is 17.2 Å². The number of hydrogen-bond acceptors (Lipinski definition) is 2. The zero-order valence-corrected chi connectivity index (χ0v) is 14.1.